The normalized spacial score (nSPS) is 13.8. The Bertz CT molecular complexity index is 726. The Morgan fingerprint density at radius 1 is 0.900 bits per heavy atom. The minimum absolute atomic E-state index is 0.178. The van der Waals surface area contributed by atoms with Gasteiger partial charge in [-0.25, -0.2) is 13.7 Å². The number of carbonyl (C=O) groups excluding carboxylic acids is 2. The number of halogens is 3. The Morgan fingerprint density at radius 2 is 1.45 bits per heavy atom. The van der Waals surface area contributed by atoms with Crippen molar-refractivity contribution in [1.82, 2.24) is 0 Å². The van der Waals surface area contributed by atoms with Crippen molar-refractivity contribution in [2.75, 3.05) is 4.90 Å². The molecule has 0 saturated carbocycles. The van der Waals surface area contributed by atoms with Crippen LogP contribution < -0.4 is 4.90 Å². The van der Waals surface area contributed by atoms with Gasteiger partial charge in [0, 0.05) is 6.07 Å². The molecule has 0 fully saturated rings. The van der Waals surface area contributed by atoms with Crippen LogP contribution in [0.3, 0.4) is 0 Å². The zero-order valence-electron chi connectivity index (χ0n) is 9.86. The molecule has 1 aliphatic rings. The van der Waals surface area contributed by atoms with Crippen LogP contribution in [-0.2, 0) is 0 Å². The van der Waals surface area contributed by atoms with Crippen molar-refractivity contribution >= 4 is 29.1 Å². The number of imide groups is 1. The molecule has 0 atom stereocenters. The van der Waals surface area contributed by atoms with Crippen LogP contribution in [0.4, 0.5) is 14.5 Å². The van der Waals surface area contributed by atoms with Crippen molar-refractivity contribution in [3.63, 3.8) is 0 Å². The van der Waals surface area contributed by atoms with E-state index >= 15 is 0 Å². The minimum Gasteiger partial charge on any atom is -0.268 e. The first-order valence-electron chi connectivity index (χ1n) is 5.63. The van der Waals surface area contributed by atoms with Gasteiger partial charge in [0.25, 0.3) is 11.8 Å². The number of anilines is 1. The van der Waals surface area contributed by atoms with Crippen LogP contribution in [0.15, 0.2) is 36.4 Å². The van der Waals surface area contributed by atoms with E-state index < -0.39 is 23.4 Å². The number of benzene rings is 2. The van der Waals surface area contributed by atoms with E-state index in [4.69, 9.17) is 11.6 Å². The predicted octanol–water partition coefficient (Wildman–Crippen LogP) is 3.42. The maximum absolute atomic E-state index is 13.8. The Kier molecular flexibility index (Phi) is 2.79. The van der Waals surface area contributed by atoms with Crippen molar-refractivity contribution in [2.24, 2.45) is 0 Å². The van der Waals surface area contributed by atoms with Crippen molar-refractivity contribution in [2.45, 2.75) is 0 Å². The molecule has 0 radical (unpaired) electrons. The smallest absolute Gasteiger partial charge is 0.266 e. The van der Waals surface area contributed by atoms with E-state index in [9.17, 15) is 18.4 Å². The van der Waals surface area contributed by atoms with Crippen molar-refractivity contribution in [3.8, 4) is 0 Å². The molecule has 0 saturated heterocycles. The lowest BCUT2D eigenvalue weighted by atomic mass is 10.1. The highest BCUT2D eigenvalue weighted by molar-refractivity contribution is 6.35. The number of nitrogens with zero attached hydrogens (tertiary/aromatic N) is 1. The lowest BCUT2D eigenvalue weighted by Gasteiger charge is -2.15. The standard InChI is InChI=1S/C14H6ClF2NO2/c15-9-5-12(11(17)6-10(9)16)18-13(19)7-3-1-2-4-8(7)14(18)20/h1-6H. The molecule has 0 N–H and O–H groups in total. The maximum atomic E-state index is 13.8. The monoisotopic (exact) mass is 293 g/mol. The van der Waals surface area contributed by atoms with Crippen molar-refractivity contribution < 1.29 is 18.4 Å². The van der Waals surface area contributed by atoms with E-state index in [0.717, 1.165) is 6.07 Å². The summed E-state index contributed by atoms with van der Waals surface area (Å²) in [5, 5.41) is -0.363. The summed E-state index contributed by atoms with van der Waals surface area (Å²) in [6, 6.07) is 7.61. The molecule has 1 aliphatic heterocycles. The molecule has 3 rings (SSSR count). The highest BCUT2D eigenvalue weighted by atomic mass is 35.5. The quantitative estimate of drug-likeness (QED) is 0.597. The van der Waals surface area contributed by atoms with Crippen LogP contribution in [0.2, 0.25) is 5.02 Å². The van der Waals surface area contributed by atoms with Gasteiger partial charge in [0.2, 0.25) is 0 Å². The molecule has 2 amide bonds. The molecule has 2 aromatic rings. The molecule has 0 bridgehead atoms. The Balaban J connectivity index is 2.17. The summed E-state index contributed by atoms with van der Waals surface area (Å²) in [6.07, 6.45) is 0. The molecule has 0 aliphatic carbocycles. The second kappa shape index (κ2) is 4.38. The summed E-state index contributed by atoms with van der Waals surface area (Å²) in [7, 11) is 0. The third kappa shape index (κ3) is 1.71. The summed E-state index contributed by atoms with van der Waals surface area (Å²) in [6.45, 7) is 0. The number of hydrogen-bond donors (Lipinski definition) is 0. The van der Waals surface area contributed by atoms with E-state index in [1.54, 1.807) is 12.1 Å². The Morgan fingerprint density at radius 3 is 2.00 bits per heavy atom. The number of rotatable bonds is 1. The Hall–Kier alpha value is -2.27. The second-order valence-corrected chi connectivity index (χ2v) is 4.62. The molecule has 6 heteroatoms. The van der Waals surface area contributed by atoms with E-state index in [1.165, 1.54) is 12.1 Å². The van der Waals surface area contributed by atoms with Crippen LogP contribution in [0.25, 0.3) is 0 Å². The number of amides is 2. The third-order valence-corrected chi connectivity index (χ3v) is 3.31. The summed E-state index contributed by atoms with van der Waals surface area (Å²) in [4.78, 5) is 25.0. The van der Waals surface area contributed by atoms with Crippen LogP contribution >= 0.6 is 11.6 Å². The van der Waals surface area contributed by atoms with Crippen LogP contribution in [0.1, 0.15) is 20.7 Å². The molecule has 100 valence electrons. The fraction of sp³-hybridized carbons (Fsp3) is 0. The first kappa shape index (κ1) is 12.7. The molecular formula is C14H6ClF2NO2. The summed E-state index contributed by atoms with van der Waals surface area (Å²) >= 11 is 5.58. The fourth-order valence-electron chi connectivity index (χ4n) is 2.09. The largest absolute Gasteiger partial charge is 0.268 e. The van der Waals surface area contributed by atoms with Crippen molar-refractivity contribution in [3.05, 3.63) is 64.2 Å². The van der Waals surface area contributed by atoms with Gasteiger partial charge in [0.1, 0.15) is 11.6 Å². The molecule has 0 unspecified atom stereocenters. The van der Waals surface area contributed by atoms with E-state index in [2.05, 4.69) is 0 Å². The topological polar surface area (TPSA) is 37.4 Å². The first-order valence-corrected chi connectivity index (χ1v) is 6.01. The average Bonchev–Trinajstić information content (AvgIpc) is 2.68. The number of fused-ring (bicyclic) bond motifs is 1. The van der Waals surface area contributed by atoms with Gasteiger partial charge in [-0.15, -0.1) is 0 Å². The van der Waals surface area contributed by atoms with Gasteiger partial charge >= 0.3 is 0 Å². The molecule has 3 nitrogen and oxygen atoms in total. The van der Waals surface area contributed by atoms with Gasteiger partial charge in [-0.1, -0.05) is 23.7 Å². The molecule has 20 heavy (non-hydrogen) atoms. The molecular weight excluding hydrogens is 288 g/mol. The first-order chi connectivity index (χ1) is 9.50. The highest BCUT2D eigenvalue weighted by Crippen LogP contribution is 2.32. The fourth-order valence-corrected chi connectivity index (χ4v) is 2.25. The predicted molar refractivity (Wildman–Crippen MR) is 69.0 cm³/mol. The maximum Gasteiger partial charge on any atom is 0.266 e. The highest BCUT2D eigenvalue weighted by Gasteiger charge is 2.37. The van der Waals surface area contributed by atoms with Gasteiger partial charge < -0.3 is 0 Å². The zero-order chi connectivity index (χ0) is 14.4. The summed E-state index contributed by atoms with van der Waals surface area (Å²) in [5.41, 5.74) is -0.00250. The van der Waals surface area contributed by atoms with E-state index in [0.29, 0.717) is 11.0 Å². The molecule has 1 heterocycles. The zero-order valence-corrected chi connectivity index (χ0v) is 10.6. The van der Waals surface area contributed by atoms with Crippen LogP contribution in [-0.4, -0.2) is 11.8 Å². The molecule has 0 spiro atoms. The number of hydrogen-bond acceptors (Lipinski definition) is 2. The van der Waals surface area contributed by atoms with Gasteiger partial charge in [-0.05, 0) is 18.2 Å². The van der Waals surface area contributed by atoms with Crippen LogP contribution in [0.5, 0.6) is 0 Å². The van der Waals surface area contributed by atoms with Crippen LogP contribution in [0, 0.1) is 11.6 Å². The minimum atomic E-state index is -1.03. The summed E-state index contributed by atoms with van der Waals surface area (Å²) < 4.78 is 27.0. The Labute approximate surface area is 117 Å². The van der Waals surface area contributed by atoms with Gasteiger partial charge in [0.05, 0.1) is 21.8 Å². The van der Waals surface area contributed by atoms with E-state index in [-0.39, 0.29) is 21.8 Å². The van der Waals surface area contributed by atoms with Gasteiger partial charge in [-0.2, -0.15) is 0 Å². The second-order valence-electron chi connectivity index (χ2n) is 4.21. The SMILES string of the molecule is O=C1c2ccccc2C(=O)N1c1cc(Cl)c(F)cc1F. The third-order valence-electron chi connectivity index (χ3n) is 3.02. The lowest BCUT2D eigenvalue weighted by Crippen LogP contribution is -2.30. The molecule has 2 aromatic carbocycles. The van der Waals surface area contributed by atoms with Crippen molar-refractivity contribution in [1.29, 1.82) is 0 Å². The van der Waals surface area contributed by atoms with Gasteiger partial charge in [0.15, 0.2) is 0 Å². The molecule has 0 aromatic heterocycles. The average molecular weight is 294 g/mol. The van der Waals surface area contributed by atoms with Gasteiger partial charge in [-0.3, -0.25) is 9.59 Å². The summed E-state index contributed by atoms with van der Waals surface area (Å²) in [5.74, 6) is -3.30. The van der Waals surface area contributed by atoms with E-state index in [1.807, 2.05) is 0 Å². The number of carbonyl (C=O) groups is 2. The lowest BCUT2D eigenvalue weighted by molar-refractivity contribution is 0.0925.